The highest BCUT2D eigenvalue weighted by Crippen LogP contribution is 2.37. The number of hydrogen-bond acceptors (Lipinski definition) is 9. The Hall–Kier alpha value is -4.60. The zero-order chi connectivity index (χ0) is 26.0. The zero-order valence-corrected chi connectivity index (χ0v) is 20.0. The molecule has 4 heterocycles. The molecule has 0 unspecified atom stereocenters. The number of imidazole rings is 1. The van der Waals surface area contributed by atoms with E-state index in [0.717, 1.165) is 18.1 Å². The van der Waals surface area contributed by atoms with E-state index in [4.69, 9.17) is 15.4 Å². The number of aromatic nitrogens is 5. The molecule has 0 fully saturated rings. The Morgan fingerprint density at radius 2 is 2.17 bits per heavy atom. The molecule has 11 nitrogen and oxygen atoms in total. The summed E-state index contributed by atoms with van der Waals surface area (Å²) in [6.45, 7) is 6.06. The molecule has 0 aromatic carbocycles. The minimum absolute atomic E-state index is 0.00981. The number of nitrogens with one attached hydrogen (secondary N) is 3. The molecule has 0 amide bonds. The van der Waals surface area contributed by atoms with Gasteiger partial charge in [0, 0.05) is 36.6 Å². The number of pyridine rings is 1. The second-order valence-corrected chi connectivity index (χ2v) is 8.87. The van der Waals surface area contributed by atoms with Crippen molar-refractivity contribution in [1.29, 1.82) is 10.7 Å². The van der Waals surface area contributed by atoms with Crippen LogP contribution in [0.1, 0.15) is 38.5 Å². The van der Waals surface area contributed by atoms with E-state index in [2.05, 4.69) is 36.8 Å². The number of nitrogens with zero attached hydrogens (tertiary/aromatic N) is 7. The van der Waals surface area contributed by atoms with Crippen molar-refractivity contribution in [1.82, 2.24) is 29.6 Å². The summed E-state index contributed by atoms with van der Waals surface area (Å²) in [5, 5.41) is 27.1. The van der Waals surface area contributed by atoms with E-state index in [1.165, 1.54) is 23.2 Å². The molecule has 0 aliphatic carbocycles. The molecule has 0 radical (unpaired) electrons. The number of fused-ring (bicyclic) bond motifs is 1. The molecule has 0 spiro atoms. The van der Waals surface area contributed by atoms with Crippen molar-refractivity contribution in [3.05, 3.63) is 47.4 Å². The summed E-state index contributed by atoms with van der Waals surface area (Å²) in [5.74, 6) is 0.422. The minimum Gasteiger partial charge on any atom is -0.451 e. The second-order valence-electron chi connectivity index (χ2n) is 8.87. The van der Waals surface area contributed by atoms with Gasteiger partial charge in [-0.1, -0.05) is 20.8 Å². The molecule has 0 saturated carbocycles. The molecule has 1 aliphatic rings. The Morgan fingerprint density at radius 1 is 1.39 bits per heavy atom. The zero-order valence-electron chi connectivity index (χ0n) is 20.0. The Labute approximate surface area is 205 Å². The van der Waals surface area contributed by atoms with Gasteiger partial charge in [-0.3, -0.25) is 9.67 Å². The number of nitriles is 1. The first-order valence-corrected chi connectivity index (χ1v) is 10.9. The van der Waals surface area contributed by atoms with Crippen molar-refractivity contribution in [2.45, 2.75) is 39.2 Å². The molecule has 1 aliphatic heterocycles. The maximum Gasteiger partial charge on any atom is 0.269 e. The van der Waals surface area contributed by atoms with Gasteiger partial charge in [0.1, 0.15) is 17.8 Å². The molecule has 3 aromatic heterocycles. The Bertz CT molecular complexity index is 1450. The average molecular weight is 495 g/mol. The molecule has 4 rings (SSSR count). The topological polar surface area (TPSA) is 142 Å². The Morgan fingerprint density at radius 3 is 2.78 bits per heavy atom. The highest BCUT2D eigenvalue weighted by Gasteiger charge is 2.26. The van der Waals surface area contributed by atoms with Crippen molar-refractivity contribution >= 4 is 35.4 Å². The van der Waals surface area contributed by atoms with Crippen LogP contribution in [0.4, 0.5) is 20.5 Å². The van der Waals surface area contributed by atoms with Gasteiger partial charge in [-0.25, -0.2) is 13.8 Å². The highest BCUT2D eigenvalue weighted by molar-refractivity contribution is 5.90. The maximum atomic E-state index is 14.3. The lowest BCUT2D eigenvalue weighted by Crippen LogP contribution is -2.18. The van der Waals surface area contributed by atoms with Crippen LogP contribution in [-0.2, 0) is 19.0 Å². The van der Waals surface area contributed by atoms with Crippen LogP contribution in [0.15, 0.2) is 41.1 Å². The van der Waals surface area contributed by atoms with Gasteiger partial charge in [-0.05, 0) is 0 Å². The number of anilines is 2. The lowest BCUT2D eigenvalue weighted by Gasteiger charge is -2.18. The molecule has 0 bridgehead atoms. The lowest BCUT2D eigenvalue weighted by atomic mass is 9.92. The van der Waals surface area contributed by atoms with Crippen LogP contribution in [0.25, 0.3) is 11.2 Å². The van der Waals surface area contributed by atoms with Gasteiger partial charge in [0.2, 0.25) is 5.95 Å². The number of ether oxygens (including phenoxy) is 1. The number of aryl methyl sites for hydroxylation is 1. The first-order chi connectivity index (χ1) is 17.1. The van der Waals surface area contributed by atoms with Gasteiger partial charge in [0.05, 0.1) is 30.3 Å². The van der Waals surface area contributed by atoms with Crippen molar-refractivity contribution in [2.75, 3.05) is 5.32 Å². The summed E-state index contributed by atoms with van der Waals surface area (Å²) in [5.41, 5.74) is 0.618. The summed E-state index contributed by atoms with van der Waals surface area (Å²) in [7, 11) is 1.57. The van der Waals surface area contributed by atoms with Crippen LogP contribution in [0.5, 0.6) is 5.75 Å². The van der Waals surface area contributed by atoms with Crippen LogP contribution in [-0.4, -0.2) is 36.7 Å². The van der Waals surface area contributed by atoms with Crippen molar-refractivity contribution in [2.24, 2.45) is 12.0 Å². The number of rotatable bonds is 7. The SMILES string of the molecule is Cn1c(Nc2cc(C(C)(C)C)n(CC#N)n2)nc2ncc(O/C(C=N)=C3\C=NC=CN3)c(C(F)F)c21. The number of hydrogen-bond donors (Lipinski definition) is 3. The quantitative estimate of drug-likeness (QED) is 0.332. The fraction of sp³-hybridized carbons (Fsp3) is 0.304. The first kappa shape index (κ1) is 24.5. The predicted molar refractivity (Wildman–Crippen MR) is 130 cm³/mol. The molecule has 3 N–H and O–H groups in total. The molecule has 0 atom stereocenters. The van der Waals surface area contributed by atoms with E-state index >= 15 is 0 Å². The maximum absolute atomic E-state index is 14.3. The predicted octanol–water partition coefficient (Wildman–Crippen LogP) is 4.05. The summed E-state index contributed by atoms with van der Waals surface area (Å²) >= 11 is 0. The number of allylic oxidation sites excluding steroid dienone is 2. The summed E-state index contributed by atoms with van der Waals surface area (Å²) < 4.78 is 37.3. The Kier molecular flexibility index (Phi) is 6.52. The second kappa shape index (κ2) is 9.57. The lowest BCUT2D eigenvalue weighted by molar-refractivity contribution is 0.149. The van der Waals surface area contributed by atoms with E-state index < -0.39 is 12.0 Å². The third kappa shape index (κ3) is 4.65. The third-order valence-electron chi connectivity index (χ3n) is 5.35. The van der Waals surface area contributed by atoms with Crippen molar-refractivity contribution in [3.8, 4) is 11.8 Å². The van der Waals surface area contributed by atoms with Crippen LogP contribution in [0.3, 0.4) is 0 Å². The number of aliphatic imine (C=N–C) groups is 1. The molecule has 36 heavy (non-hydrogen) atoms. The van der Waals surface area contributed by atoms with Crippen LogP contribution in [0, 0.1) is 16.7 Å². The fourth-order valence-corrected chi connectivity index (χ4v) is 3.71. The average Bonchev–Trinajstić information content (AvgIpc) is 3.39. The van der Waals surface area contributed by atoms with Gasteiger partial charge < -0.3 is 25.3 Å². The van der Waals surface area contributed by atoms with Crippen molar-refractivity contribution < 1.29 is 13.5 Å². The third-order valence-corrected chi connectivity index (χ3v) is 5.35. The summed E-state index contributed by atoms with van der Waals surface area (Å²) in [6, 6.07) is 3.88. The smallest absolute Gasteiger partial charge is 0.269 e. The molecular formula is C23H24F2N10O. The summed E-state index contributed by atoms with van der Waals surface area (Å²) in [4.78, 5) is 12.5. The molecule has 0 saturated heterocycles. The molecular weight excluding hydrogens is 470 g/mol. The van der Waals surface area contributed by atoms with Gasteiger partial charge in [0.25, 0.3) is 6.43 Å². The normalized spacial score (nSPS) is 14.6. The first-order valence-electron chi connectivity index (χ1n) is 10.9. The Balaban J connectivity index is 1.76. The van der Waals surface area contributed by atoms with E-state index in [0.29, 0.717) is 11.5 Å². The number of halogens is 2. The van der Waals surface area contributed by atoms with Crippen molar-refractivity contribution in [3.63, 3.8) is 0 Å². The minimum atomic E-state index is -2.92. The van der Waals surface area contributed by atoms with E-state index in [1.807, 2.05) is 20.8 Å². The van der Waals surface area contributed by atoms with Crippen LogP contribution in [0.2, 0.25) is 0 Å². The van der Waals surface area contributed by atoms with Crippen LogP contribution < -0.4 is 15.4 Å². The number of alkyl halides is 2. The van der Waals surface area contributed by atoms with Gasteiger partial charge in [0.15, 0.2) is 23.0 Å². The summed E-state index contributed by atoms with van der Waals surface area (Å²) in [6.07, 6.45) is 3.58. The monoisotopic (exact) mass is 494 g/mol. The van der Waals surface area contributed by atoms with Gasteiger partial charge >= 0.3 is 0 Å². The van der Waals surface area contributed by atoms with E-state index in [1.54, 1.807) is 17.8 Å². The largest absolute Gasteiger partial charge is 0.451 e. The highest BCUT2D eigenvalue weighted by atomic mass is 19.3. The van der Waals surface area contributed by atoms with Gasteiger partial charge in [-0.15, -0.1) is 0 Å². The molecule has 3 aromatic rings. The van der Waals surface area contributed by atoms with E-state index in [-0.39, 0.29) is 40.6 Å². The molecule has 13 heteroatoms. The van der Waals surface area contributed by atoms with E-state index in [9.17, 15) is 8.78 Å². The van der Waals surface area contributed by atoms with Gasteiger partial charge in [-0.2, -0.15) is 15.3 Å². The molecule has 186 valence electrons. The fourth-order valence-electron chi connectivity index (χ4n) is 3.71. The van der Waals surface area contributed by atoms with Crippen LogP contribution >= 0.6 is 0 Å². The standard InChI is InChI=1S/C23H24F2N10O/c1-23(2,3)16-9-17(33-35(16)8-5-26)31-22-32-21-19(34(22)4)18(20(24)25)15(12-30-21)36-14(10-27)13-11-28-6-7-29-13/h6-7,9-12,20,27,29H,8H2,1-4H3,(H,30,31,32,33)/b14-13+,27-10?.